The van der Waals surface area contributed by atoms with Crippen LogP contribution in [0.3, 0.4) is 0 Å². The Hall–Kier alpha value is -0.900. The first-order chi connectivity index (χ1) is 5.24. The molecule has 0 N–H and O–H groups in total. The minimum absolute atomic E-state index is 0.00611. The lowest BCUT2D eigenvalue weighted by molar-refractivity contribution is -0.147. The summed E-state index contributed by atoms with van der Waals surface area (Å²) in [7, 11) is 1.37. The number of carbonyl (C=O) groups is 2. The highest BCUT2D eigenvalue weighted by atomic mass is 16.5. The number of hydrogen-bond donors (Lipinski definition) is 0. The summed E-state index contributed by atoms with van der Waals surface area (Å²) in [5.74, 6) is -0.411. The van der Waals surface area contributed by atoms with Crippen LogP contribution in [0.15, 0.2) is 0 Å². The van der Waals surface area contributed by atoms with E-state index in [0.29, 0.717) is 12.9 Å². The highest BCUT2D eigenvalue weighted by Gasteiger charge is 2.11. The second kappa shape index (κ2) is 5.85. The molecule has 0 bridgehead atoms. The maximum absolute atomic E-state index is 10.7. The fourth-order valence-electron chi connectivity index (χ4n) is 0.571. The monoisotopic (exact) mass is 160 g/mol. The van der Waals surface area contributed by atoms with Crippen LogP contribution in [0.5, 0.6) is 0 Å². The molecule has 0 aromatic heterocycles. The molecule has 0 saturated carbocycles. The maximum atomic E-state index is 10.7. The first-order valence-electron chi connectivity index (χ1n) is 3.38. The smallest absolute Gasteiger partial charge is 0.308 e. The van der Waals surface area contributed by atoms with Crippen molar-refractivity contribution in [3.63, 3.8) is 0 Å². The number of ether oxygens (including phenoxy) is 2. The van der Waals surface area contributed by atoms with Crippen molar-refractivity contribution in [3.05, 3.63) is 0 Å². The van der Waals surface area contributed by atoms with Gasteiger partial charge >= 0.3 is 5.97 Å². The molecule has 4 nitrogen and oxygen atoms in total. The molecule has 0 aliphatic carbocycles. The largest absolute Gasteiger partial charge is 0.466 e. The van der Waals surface area contributed by atoms with Crippen LogP contribution in [0.1, 0.15) is 13.3 Å². The van der Waals surface area contributed by atoms with E-state index in [4.69, 9.17) is 0 Å². The van der Waals surface area contributed by atoms with Gasteiger partial charge in [-0.1, -0.05) is 0 Å². The third kappa shape index (κ3) is 4.50. The minimum Gasteiger partial charge on any atom is -0.466 e. The van der Waals surface area contributed by atoms with Gasteiger partial charge in [-0.2, -0.15) is 0 Å². The highest BCUT2D eigenvalue weighted by Crippen LogP contribution is 1.95. The maximum Gasteiger partial charge on any atom is 0.308 e. The zero-order chi connectivity index (χ0) is 8.69. The molecule has 0 aliphatic rings. The van der Waals surface area contributed by atoms with Crippen molar-refractivity contribution in [3.8, 4) is 0 Å². The topological polar surface area (TPSA) is 52.6 Å². The molecule has 0 fully saturated rings. The third-order valence-electron chi connectivity index (χ3n) is 1.13. The van der Waals surface area contributed by atoms with Crippen molar-refractivity contribution < 1.29 is 19.1 Å². The molecule has 1 unspecified atom stereocenters. The summed E-state index contributed by atoms with van der Waals surface area (Å²) in [6, 6.07) is 0. The highest BCUT2D eigenvalue weighted by molar-refractivity contribution is 5.74. The fraction of sp³-hybridized carbons (Fsp3) is 0.714. The van der Waals surface area contributed by atoms with E-state index in [9.17, 15) is 9.59 Å². The van der Waals surface area contributed by atoms with E-state index in [0.717, 1.165) is 0 Å². The molecule has 0 aromatic rings. The molecule has 11 heavy (non-hydrogen) atoms. The average molecular weight is 160 g/mol. The average Bonchev–Trinajstić information content (AvgIpc) is 2.01. The second-order valence-corrected chi connectivity index (χ2v) is 1.92. The van der Waals surface area contributed by atoms with E-state index in [1.807, 2.05) is 0 Å². The predicted molar refractivity (Wildman–Crippen MR) is 38.1 cm³/mol. The van der Waals surface area contributed by atoms with Crippen LogP contribution in [0.25, 0.3) is 0 Å². The summed E-state index contributed by atoms with van der Waals surface area (Å²) in [6.07, 6.45) is -0.0980. The van der Waals surface area contributed by atoms with Crippen molar-refractivity contribution in [1.29, 1.82) is 0 Å². The number of hydrogen-bond acceptors (Lipinski definition) is 4. The van der Waals surface area contributed by atoms with Crippen molar-refractivity contribution in [2.45, 2.75) is 19.4 Å². The molecule has 64 valence electrons. The Kier molecular flexibility index (Phi) is 5.37. The van der Waals surface area contributed by atoms with Crippen LogP contribution in [-0.4, -0.2) is 32.1 Å². The third-order valence-corrected chi connectivity index (χ3v) is 1.13. The number of rotatable bonds is 5. The molecule has 0 spiro atoms. The van der Waals surface area contributed by atoms with Crippen molar-refractivity contribution in [2.24, 2.45) is 0 Å². The van der Waals surface area contributed by atoms with Crippen LogP contribution < -0.4 is 0 Å². The summed E-state index contributed by atoms with van der Waals surface area (Å²) >= 11 is 0. The zero-order valence-electron chi connectivity index (χ0n) is 6.70. The summed E-state index contributed by atoms with van der Waals surface area (Å²) in [5, 5.41) is 0. The number of methoxy groups -OCH3 is 1. The van der Waals surface area contributed by atoms with Gasteiger partial charge in [-0.3, -0.25) is 4.79 Å². The molecule has 4 heteroatoms. The zero-order valence-corrected chi connectivity index (χ0v) is 6.70. The van der Waals surface area contributed by atoms with E-state index in [1.54, 1.807) is 6.92 Å². The fourth-order valence-corrected chi connectivity index (χ4v) is 0.571. The Morgan fingerprint density at radius 3 is 2.64 bits per heavy atom. The molecule has 0 heterocycles. The van der Waals surface area contributed by atoms with E-state index in [2.05, 4.69) is 9.47 Å². The Balaban J connectivity index is 3.62. The SMILES string of the molecule is CCOC(=O)CC(C=O)OC. The first kappa shape index (κ1) is 10.1. The van der Waals surface area contributed by atoms with Crippen molar-refractivity contribution in [2.75, 3.05) is 13.7 Å². The van der Waals surface area contributed by atoms with Gasteiger partial charge in [0.15, 0.2) is 0 Å². The van der Waals surface area contributed by atoms with Crippen LogP contribution in [0, 0.1) is 0 Å². The predicted octanol–water partition coefficient (Wildman–Crippen LogP) is 0.153. The molecule has 0 amide bonds. The van der Waals surface area contributed by atoms with Gasteiger partial charge in [0.05, 0.1) is 13.0 Å². The number of carbonyl (C=O) groups excluding carboxylic acids is 2. The number of esters is 1. The lowest BCUT2D eigenvalue weighted by Crippen LogP contribution is -2.19. The molecule has 0 radical (unpaired) electrons. The normalized spacial score (nSPS) is 12.2. The van der Waals surface area contributed by atoms with Gasteiger partial charge < -0.3 is 14.3 Å². The van der Waals surface area contributed by atoms with E-state index < -0.39 is 12.1 Å². The first-order valence-corrected chi connectivity index (χ1v) is 3.38. The lowest BCUT2D eigenvalue weighted by Gasteiger charge is -2.06. The van der Waals surface area contributed by atoms with Gasteiger partial charge in [0.1, 0.15) is 12.4 Å². The minimum atomic E-state index is -0.672. The van der Waals surface area contributed by atoms with Gasteiger partial charge in [0, 0.05) is 7.11 Å². The standard InChI is InChI=1S/C7H12O4/c1-3-11-7(9)4-6(5-8)10-2/h5-6H,3-4H2,1-2H3. The van der Waals surface area contributed by atoms with Crippen LogP contribution in [-0.2, 0) is 19.1 Å². The Labute approximate surface area is 65.5 Å². The Bertz CT molecular complexity index is 132. The van der Waals surface area contributed by atoms with Gasteiger partial charge in [-0.05, 0) is 6.92 Å². The van der Waals surface area contributed by atoms with E-state index in [1.165, 1.54) is 7.11 Å². The van der Waals surface area contributed by atoms with Gasteiger partial charge in [0.2, 0.25) is 0 Å². The van der Waals surface area contributed by atoms with Gasteiger partial charge in [-0.25, -0.2) is 0 Å². The van der Waals surface area contributed by atoms with Crippen LogP contribution >= 0.6 is 0 Å². The van der Waals surface area contributed by atoms with E-state index in [-0.39, 0.29) is 6.42 Å². The van der Waals surface area contributed by atoms with Gasteiger partial charge in [-0.15, -0.1) is 0 Å². The molecule has 0 aromatic carbocycles. The number of aldehydes is 1. The Morgan fingerprint density at radius 2 is 2.27 bits per heavy atom. The second-order valence-electron chi connectivity index (χ2n) is 1.92. The molecular weight excluding hydrogens is 148 g/mol. The van der Waals surface area contributed by atoms with E-state index >= 15 is 0 Å². The molecule has 0 rings (SSSR count). The summed E-state index contributed by atoms with van der Waals surface area (Å²) in [5.41, 5.74) is 0. The quantitative estimate of drug-likeness (QED) is 0.424. The van der Waals surface area contributed by atoms with Crippen LogP contribution in [0.4, 0.5) is 0 Å². The lowest BCUT2D eigenvalue weighted by atomic mass is 10.3. The Morgan fingerprint density at radius 1 is 1.64 bits per heavy atom. The summed E-state index contributed by atoms with van der Waals surface area (Å²) in [6.45, 7) is 2.04. The summed E-state index contributed by atoms with van der Waals surface area (Å²) in [4.78, 5) is 20.9. The molecule has 0 aliphatic heterocycles. The van der Waals surface area contributed by atoms with Crippen molar-refractivity contribution in [1.82, 2.24) is 0 Å². The van der Waals surface area contributed by atoms with Crippen molar-refractivity contribution >= 4 is 12.3 Å². The summed E-state index contributed by atoms with van der Waals surface area (Å²) < 4.78 is 9.25. The molecule has 0 saturated heterocycles. The van der Waals surface area contributed by atoms with Crippen LogP contribution in [0.2, 0.25) is 0 Å². The molecule has 1 atom stereocenters. The molecular formula is C7H12O4. The van der Waals surface area contributed by atoms with Gasteiger partial charge in [0.25, 0.3) is 0 Å².